The molecule has 0 saturated carbocycles. The van der Waals surface area contributed by atoms with Crippen LogP contribution in [0.4, 0.5) is 5.69 Å². The molecule has 1 aromatic rings. The highest BCUT2D eigenvalue weighted by Gasteiger charge is 2.33. The van der Waals surface area contributed by atoms with E-state index in [1.165, 1.54) is 6.07 Å². The van der Waals surface area contributed by atoms with E-state index in [0.717, 1.165) is 0 Å². The van der Waals surface area contributed by atoms with Crippen LogP contribution in [0.2, 0.25) is 10.0 Å². The van der Waals surface area contributed by atoms with Gasteiger partial charge in [-0.05, 0) is 24.6 Å². The summed E-state index contributed by atoms with van der Waals surface area (Å²) in [4.78, 5) is 11.9. The van der Waals surface area contributed by atoms with E-state index in [4.69, 9.17) is 23.2 Å². The number of benzene rings is 1. The first kappa shape index (κ1) is 13.6. The molecule has 0 aromatic heterocycles. The first-order valence-corrected chi connectivity index (χ1v) is 7.91. The van der Waals surface area contributed by atoms with E-state index in [1.54, 1.807) is 12.1 Å². The summed E-state index contributed by atoms with van der Waals surface area (Å²) in [6.07, 6.45) is 0.354. The molecule has 98 valence electrons. The molecule has 1 heterocycles. The fourth-order valence-corrected chi connectivity index (χ4v) is 3.91. The molecule has 1 saturated heterocycles. The normalized spacial score (nSPS) is 21.8. The lowest BCUT2D eigenvalue weighted by Gasteiger charge is -2.11. The Morgan fingerprint density at radius 1 is 1.33 bits per heavy atom. The molecule has 4 nitrogen and oxygen atoms in total. The molecule has 7 heteroatoms. The third kappa shape index (κ3) is 3.16. The van der Waals surface area contributed by atoms with Gasteiger partial charge in [-0.2, -0.15) is 0 Å². The standard InChI is InChI=1S/C11H11Cl2NO3S/c12-8-1-2-9(13)10(5-8)14-11(15)7-3-4-18(16,17)6-7/h1-2,5,7H,3-4,6H2,(H,14,15). The molecule has 1 fully saturated rings. The first-order chi connectivity index (χ1) is 8.37. The molecule has 0 radical (unpaired) electrons. The van der Waals surface area contributed by atoms with Gasteiger partial charge in [0.25, 0.3) is 0 Å². The van der Waals surface area contributed by atoms with Gasteiger partial charge in [-0.25, -0.2) is 8.42 Å². The van der Waals surface area contributed by atoms with Crippen LogP contribution < -0.4 is 5.32 Å². The van der Waals surface area contributed by atoms with Gasteiger partial charge in [0.15, 0.2) is 9.84 Å². The highest BCUT2D eigenvalue weighted by molar-refractivity contribution is 7.91. The van der Waals surface area contributed by atoms with E-state index >= 15 is 0 Å². The molecular formula is C11H11Cl2NO3S. The number of anilines is 1. The van der Waals surface area contributed by atoms with Gasteiger partial charge in [-0.1, -0.05) is 23.2 Å². The fraction of sp³-hybridized carbons (Fsp3) is 0.364. The summed E-state index contributed by atoms with van der Waals surface area (Å²) in [5.74, 6) is -0.879. The molecule has 1 atom stereocenters. The van der Waals surface area contributed by atoms with E-state index < -0.39 is 15.8 Å². The minimum atomic E-state index is -3.07. The van der Waals surface area contributed by atoms with Crippen molar-refractivity contribution in [2.45, 2.75) is 6.42 Å². The van der Waals surface area contributed by atoms with Crippen LogP contribution in [0.5, 0.6) is 0 Å². The predicted molar refractivity (Wildman–Crippen MR) is 71.9 cm³/mol. The van der Waals surface area contributed by atoms with Crippen LogP contribution in [0.15, 0.2) is 18.2 Å². The number of carbonyl (C=O) groups is 1. The number of sulfone groups is 1. The third-order valence-electron chi connectivity index (χ3n) is 2.79. The summed E-state index contributed by atoms with van der Waals surface area (Å²) in [5.41, 5.74) is 0.401. The summed E-state index contributed by atoms with van der Waals surface area (Å²) in [5, 5.41) is 3.43. The fourth-order valence-electron chi connectivity index (χ4n) is 1.83. The molecule has 1 amide bonds. The Hall–Kier alpha value is -0.780. The lowest BCUT2D eigenvalue weighted by molar-refractivity contribution is -0.119. The number of halogens is 2. The van der Waals surface area contributed by atoms with Crippen LogP contribution >= 0.6 is 23.2 Å². The van der Waals surface area contributed by atoms with Crippen LogP contribution in [-0.2, 0) is 14.6 Å². The summed E-state index contributed by atoms with van der Waals surface area (Å²) in [6, 6.07) is 4.72. The van der Waals surface area contributed by atoms with Crippen LogP contribution in [0.3, 0.4) is 0 Å². The van der Waals surface area contributed by atoms with Crippen molar-refractivity contribution >= 4 is 44.6 Å². The molecule has 0 aliphatic carbocycles. The van der Waals surface area contributed by atoms with Crippen LogP contribution in [-0.4, -0.2) is 25.8 Å². The van der Waals surface area contributed by atoms with E-state index in [1.807, 2.05) is 0 Å². The molecule has 2 rings (SSSR count). The average Bonchev–Trinajstić information content (AvgIpc) is 2.64. The third-order valence-corrected chi connectivity index (χ3v) is 5.12. The van der Waals surface area contributed by atoms with Crippen LogP contribution in [0, 0.1) is 5.92 Å². The highest BCUT2D eigenvalue weighted by Crippen LogP contribution is 2.27. The van der Waals surface area contributed by atoms with E-state index in [2.05, 4.69) is 5.32 Å². The van der Waals surface area contributed by atoms with Gasteiger partial charge in [0.1, 0.15) is 0 Å². The molecule has 1 aliphatic rings. The maximum Gasteiger partial charge on any atom is 0.228 e. The van der Waals surface area contributed by atoms with Crippen molar-refractivity contribution in [1.82, 2.24) is 0 Å². The number of nitrogens with one attached hydrogen (secondary N) is 1. The van der Waals surface area contributed by atoms with E-state index in [0.29, 0.717) is 22.2 Å². The monoisotopic (exact) mass is 307 g/mol. The quantitative estimate of drug-likeness (QED) is 0.912. The van der Waals surface area contributed by atoms with Crippen LogP contribution in [0.1, 0.15) is 6.42 Å². The lowest BCUT2D eigenvalue weighted by atomic mass is 10.1. The van der Waals surface area contributed by atoms with Crippen LogP contribution in [0.25, 0.3) is 0 Å². The minimum absolute atomic E-state index is 0.0639. The molecule has 1 aliphatic heterocycles. The molecule has 1 N–H and O–H groups in total. The zero-order valence-corrected chi connectivity index (χ0v) is 11.6. The van der Waals surface area contributed by atoms with Crippen molar-refractivity contribution in [3.05, 3.63) is 28.2 Å². The molecule has 18 heavy (non-hydrogen) atoms. The van der Waals surface area contributed by atoms with Crippen molar-refractivity contribution in [3.63, 3.8) is 0 Å². The summed E-state index contributed by atoms with van der Waals surface area (Å²) in [7, 11) is -3.07. The van der Waals surface area contributed by atoms with E-state index in [9.17, 15) is 13.2 Å². The van der Waals surface area contributed by atoms with Crippen molar-refractivity contribution < 1.29 is 13.2 Å². The second-order valence-electron chi connectivity index (χ2n) is 4.21. The smallest absolute Gasteiger partial charge is 0.228 e. The van der Waals surface area contributed by atoms with Gasteiger partial charge in [0, 0.05) is 5.02 Å². The second-order valence-corrected chi connectivity index (χ2v) is 7.29. The molecule has 0 bridgehead atoms. The number of rotatable bonds is 2. The largest absolute Gasteiger partial charge is 0.324 e. The van der Waals surface area contributed by atoms with Crippen molar-refractivity contribution in [1.29, 1.82) is 0 Å². The first-order valence-electron chi connectivity index (χ1n) is 5.34. The second kappa shape index (κ2) is 5.07. The lowest BCUT2D eigenvalue weighted by Crippen LogP contribution is -2.23. The maximum absolute atomic E-state index is 11.9. The maximum atomic E-state index is 11.9. The van der Waals surface area contributed by atoms with Gasteiger partial charge in [0.05, 0.1) is 28.1 Å². The van der Waals surface area contributed by atoms with Gasteiger partial charge >= 0.3 is 0 Å². The Morgan fingerprint density at radius 3 is 2.67 bits per heavy atom. The van der Waals surface area contributed by atoms with Crippen molar-refractivity contribution in [2.24, 2.45) is 5.92 Å². The summed E-state index contributed by atoms with van der Waals surface area (Å²) >= 11 is 11.7. The van der Waals surface area contributed by atoms with Crippen molar-refractivity contribution in [2.75, 3.05) is 16.8 Å². The average molecular weight is 308 g/mol. The van der Waals surface area contributed by atoms with Crippen molar-refractivity contribution in [3.8, 4) is 0 Å². The Balaban J connectivity index is 2.10. The Bertz CT molecular complexity index is 586. The molecular weight excluding hydrogens is 297 g/mol. The highest BCUT2D eigenvalue weighted by atomic mass is 35.5. The summed E-state index contributed by atoms with van der Waals surface area (Å²) in [6.45, 7) is 0. The Labute approximate surface area is 115 Å². The number of carbonyl (C=O) groups excluding carboxylic acids is 1. The SMILES string of the molecule is O=C(Nc1cc(Cl)ccc1Cl)C1CCS(=O)(=O)C1. The van der Waals surface area contributed by atoms with Gasteiger partial charge < -0.3 is 5.32 Å². The topological polar surface area (TPSA) is 63.2 Å². The molecule has 0 spiro atoms. The number of hydrogen-bond acceptors (Lipinski definition) is 3. The Morgan fingerprint density at radius 2 is 2.06 bits per heavy atom. The predicted octanol–water partition coefficient (Wildman–Crippen LogP) is 2.37. The van der Waals surface area contributed by atoms with Gasteiger partial charge in [0.2, 0.25) is 5.91 Å². The van der Waals surface area contributed by atoms with Gasteiger partial charge in [-0.15, -0.1) is 0 Å². The van der Waals surface area contributed by atoms with E-state index in [-0.39, 0.29) is 17.4 Å². The molecule has 1 unspecified atom stereocenters. The zero-order chi connectivity index (χ0) is 13.3. The number of hydrogen-bond donors (Lipinski definition) is 1. The Kier molecular flexibility index (Phi) is 3.84. The minimum Gasteiger partial charge on any atom is -0.324 e. The zero-order valence-electron chi connectivity index (χ0n) is 9.32. The molecule has 1 aromatic carbocycles. The summed E-state index contributed by atoms with van der Waals surface area (Å²) < 4.78 is 22.6. The number of amides is 1. The van der Waals surface area contributed by atoms with Gasteiger partial charge in [-0.3, -0.25) is 4.79 Å².